The van der Waals surface area contributed by atoms with Crippen LogP contribution in [0.2, 0.25) is 0 Å². The summed E-state index contributed by atoms with van der Waals surface area (Å²) < 4.78 is 0. The van der Waals surface area contributed by atoms with Gasteiger partial charge in [0.1, 0.15) is 5.69 Å². The topological polar surface area (TPSA) is 61.5 Å². The van der Waals surface area contributed by atoms with Crippen LogP contribution in [0.15, 0.2) is 71.5 Å². The molecular weight excluding hydrogens is 274 g/mol. The lowest BCUT2D eigenvalue weighted by atomic mass is 10.1. The van der Waals surface area contributed by atoms with Gasteiger partial charge in [0.15, 0.2) is 0 Å². The third kappa shape index (κ3) is 2.02. The molecule has 4 nitrogen and oxygen atoms in total. The average Bonchev–Trinajstić information content (AvgIpc) is 3.01. The number of rotatable bonds is 2. The lowest BCUT2D eigenvalue weighted by Gasteiger charge is -2.02. The van der Waals surface area contributed by atoms with E-state index in [4.69, 9.17) is 0 Å². The molecule has 22 heavy (non-hydrogen) atoms. The summed E-state index contributed by atoms with van der Waals surface area (Å²) in [5, 5.41) is 7.87. The summed E-state index contributed by atoms with van der Waals surface area (Å²) in [4.78, 5) is 15.5. The Morgan fingerprint density at radius 3 is 2.14 bits per heavy atom. The molecule has 0 aliphatic rings. The Bertz CT molecular complexity index is 985. The molecule has 0 radical (unpaired) electrons. The minimum atomic E-state index is -0.135. The summed E-state index contributed by atoms with van der Waals surface area (Å²) in [6, 6.07) is 21.4. The quantitative estimate of drug-likeness (QED) is 0.592. The maximum absolute atomic E-state index is 12.5. The van der Waals surface area contributed by atoms with Crippen molar-refractivity contribution in [2.75, 3.05) is 0 Å². The van der Waals surface area contributed by atoms with Gasteiger partial charge in [-0.3, -0.25) is 9.89 Å². The molecule has 4 heteroatoms. The third-order valence-electron chi connectivity index (χ3n) is 3.69. The van der Waals surface area contributed by atoms with Gasteiger partial charge in [0, 0.05) is 5.56 Å². The van der Waals surface area contributed by atoms with Crippen LogP contribution in [0.1, 0.15) is 0 Å². The van der Waals surface area contributed by atoms with Gasteiger partial charge in [-0.1, -0.05) is 60.7 Å². The van der Waals surface area contributed by atoms with Gasteiger partial charge in [-0.15, -0.1) is 0 Å². The molecule has 2 N–H and O–H groups in total. The van der Waals surface area contributed by atoms with Gasteiger partial charge in [0.05, 0.1) is 16.6 Å². The molecule has 0 unspecified atom stereocenters. The summed E-state index contributed by atoms with van der Waals surface area (Å²) in [5.41, 5.74) is 3.95. The highest BCUT2D eigenvalue weighted by atomic mass is 16.1. The first kappa shape index (κ1) is 12.6. The fourth-order valence-corrected chi connectivity index (χ4v) is 2.63. The SMILES string of the molecule is O=c1[nH]c(-c2ccccc2)cc2[nH]nc(-c3ccccc3)c12. The average molecular weight is 287 g/mol. The molecule has 4 aromatic rings. The standard InChI is InChI=1S/C18H13N3O/c22-18-16-15(11-14(19-18)12-7-3-1-4-8-12)20-21-17(16)13-9-5-2-6-10-13/h1-11H,(H,19,22)(H,20,21). The van der Waals surface area contributed by atoms with E-state index in [9.17, 15) is 4.79 Å². The van der Waals surface area contributed by atoms with Crippen LogP contribution in [0.5, 0.6) is 0 Å². The lowest BCUT2D eigenvalue weighted by molar-refractivity contribution is 1.12. The minimum Gasteiger partial charge on any atom is -0.321 e. The van der Waals surface area contributed by atoms with Crippen molar-refractivity contribution in [3.8, 4) is 22.5 Å². The zero-order chi connectivity index (χ0) is 14.9. The van der Waals surface area contributed by atoms with E-state index in [1.807, 2.05) is 66.7 Å². The van der Waals surface area contributed by atoms with E-state index < -0.39 is 0 Å². The molecule has 0 saturated carbocycles. The maximum atomic E-state index is 12.5. The molecule has 0 amide bonds. The van der Waals surface area contributed by atoms with E-state index in [-0.39, 0.29) is 5.56 Å². The summed E-state index contributed by atoms with van der Waals surface area (Å²) in [6.45, 7) is 0. The van der Waals surface area contributed by atoms with Gasteiger partial charge < -0.3 is 4.98 Å². The van der Waals surface area contributed by atoms with Gasteiger partial charge in [0.25, 0.3) is 5.56 Å². The first-order valence-corrected chi connectivity index (χ1v) is 7.05. The van der Waals surface area contributed by atoms with Gasteiger partial charge >= 0.3 is 0 Å². The predicted octanol–water partition coefficient (Wildman–Crippen LogP) is 3.59. The lowest BCUT2D eigenvalue weighted by Crippen LogP contribution is -2.07. The second-order valence-electron chi connectivity index (χ2n) is 5.11. The molecule has 0 spiro atoms. The Hall–Kier alpha value is -3.14. The van der Waals surface area contributed by atoms with Gasteiger partial charge in [0.2, 0.25) is 0 Å². The molecule has 2 heterocycles. The number of benzene rings is 2. The van der Waals surface area contributed by atoms with Crippen molar-refractivity contribution >= 4 is 10.9 Å². The second kappa shape index (κ2) is 5.00. The van der Waals surface area contributed by atoms with Crippen LogP contribution in [-0.2, 0) is 0 Å². The summed E-state index contributed by atoms with van der Waals surface area (Å²) >= 11 is 0. The van der Waals surface area contributed by atoms with Crippen molar-refractivity contribution in [2.24, 2.45) is 0 Å². The van der Waals surface area contributed by atoms with Gasteiger partial charge in [-0.25, -0.2) is 0 Å². The molecule has 0 aliphatic heterocycles. The largest absolute Gasteiger partial charge is 0.321 e. The van der Waals surface area contributed by atoms with E-state index >= 15 is 0 Å². The Kier molecular flexibility index (Phi) is 2.86. The molecule has 106 valence electrons. The highest BCUT2D eigenvalue weighted by Gasteiger charge is 2.13. The molecule has 0 aliphatic carbocycles. The number of nitrogens with zero attached hydrogens (tertiary/aromatic N) is 1. The van der Waals surface area contributed by atoms with E-state index in [0.29, 0.717) is 11.1 Å². The van der Waals surface area contributed by atoms with Gasteiger partial charge in [-0.2, -0.15) is 5.10 Å². The zero-order valence-electron chi connectivity index (χ0n) is 11.7. The molecule has 0 saturated heterocycles. The predicted molar refractivity (Wildman–Crippen MR) is 87.6 cm³/mol. The Morgan fingerprint density at radius 2 is 1.45 bits per heavy atom. The van der Waals surface area contributed by atoms with Crippen LogP contribution in [0.3, 0.4) is 0 Å². The zero-order valence-corrected chi connectivity index (χ0v) is 11.7. The molecule has 2 aromatic heterocycles. The first-order valence-electron chi connectivity index (χ1n) is 7.05. The fourth-order valence-electron chi connectivity index (χ4n) is 2.63. The number of pyridine rings is 1. The van der Waals surface area contributed by atoms with Crippen LogP contribution >= 0.6 is 0 Å². The molecular formula is C18H13N3O. The smallest absolute Gasteiger partial charge is 0.260 e. The number of hydrogen-bond acceptors (Lipinski definition) is 2. The van der Waals surface area contributed by atoms with Crippen LogP contribution < -0.4 is 5.56 Å². The fraction of sp³-hybridized carbons (Fsp3) is 0. The van der Waals surface area contributed by atoms with Gasteiger partial charge in [-0.05, 0) is 11.6 Å². The highest BCUT2D eigenvalue weighted by molar-refractivity contribution is 5.93. The third-order valence-corrected chi connectivity index (χ3v) is 3.69. The van der Waals surface area contributed by atoms with Crippen molar-refractivity contribution in [2.45, 2.75) is 0 Å². The van der Waals surface area contributed by atoms with Crippen molar-refractivity contribution < 1.29 is 0 Å². The van der Waals surface area contributed by atoms with Crippen molar-refractivity contribution in [1.29, 1.82) is 0 Å². The number of nitrogens with one attached hydrogen (secondary N) is 2. The summed E-state index contributed by atoms with van der Waals surface area (Å²) in [5.74, 6) is 0. The Balaban J connectivity index is 1.94. The van der Waals surface area contributed by atoms with Crippen molar-refractivity contribution in [1.82, 2.24) is 15.2 Å². The molecule has 0 atom stereocenters. The summed E-state index contributed by atoms with van der Waals surface area (Å²) in [7, 11) is 0. The van der Waals surface area contributed by atoms with Crippen molar-refractivity contribution in [3.63, 3.8) is 0 Å². The van der Waals surface area contributed by atoms with E-state index in [1.165, 1.54) is 0 Å². The minimum absolute atomic E-state index is 0.135. The van der Waals surface area contributed by atoms with E-state index in [2.05, 4.69) is 15.2 Å². The molecule has 0 fully saturated rings. The number of aromatic nitrogens is 3. The summed E-state index contributed by atoms with van der Waals surface area (Å²) in [6.07, 6.45) is 0. The normalized spacial score (nSPS) is 10.9. The molecule has 2 aromatic carbocycles. The van der Waals surface area contributed by atoms with Crippen LogP contribution in [0.25, 0.3) is 33.4 Å². The number of hydrogen-bond donors (Lipinski definition) is 2. The van der Waals surface area contributed by atoms with Crippen molar-refractivity contribution in [3.05, 3.63) is 77.1 Å². The maximum Gasteiger partial charge on any atom is 0.260 e. The second-order valence-corrected chi connectivity index (χ2v) is 5.11. The van der Waals surface area contributed by atoms with Crippen LogP contribution in [0, 0.1) is 0 Å². The van der Waals surface area contributed by atoms with E-state index in [0.717, 1.165) is 22.3 Å². The van der Waals surface area contributed by atoms with Crippen LogP contribution in [0.4, 0.5) is 0 Å². The number of fused-ring (bicyclic) bond motifs is 1. The first-order chi connectivity index (χ1) is 10.8. The molecule has 4 rings (SSSR count). The number of aromatic amines is 2. The Morgan fingerprint density at radius 1 is 0.818 bits per heavy atom. The van der Waals surface area contributed by atoms with Crippen LogP contribution in [-0.4, -0.2) is 15.2 Å². The monoisotopic (exact) mass is 287 g/mol. The molecule has 0 bridgehead atoms. The highest BCUT2D eigenvalue weighted by Crippen LogP contribution is 2.25. The Labute approximate surface area is 126 Å². The van der Waals surface area contributed by atoms with E-state index in [1.54, 1.807) is 0 Å². The number of H-pyrrole nitrogens is 2.